The Morgan fingerprint density at radius 3 is 2.82 bits per heavy atom. The van der Waals surface area contributed by atoms with Gasteiger partial charge >= 0.3 is 5.97 Å². The molecule has 0 aromatic rings. The van der Waals surface area contributed by atoms with Crippen LogP contribution in [0.4, 0.5) is 0 Å². The Kier molecular flexibility index (Phi) is 3.93. The first-order valence-electron chi connectivity index (χ1n) is 5.61. The number of ether oxygens (including phenoxy) is 2. The van der Waals surface area contributed by atoms with E-state index in [1.165, 1.54) is 0 Å². The summed E-state index contributed by atoms with van der Waals surface area (Å²) in [7, 11) is 0. The van der Waals surface area contributed by atoms with Crippen molar-refractivity contribution >= 4 is 11.9 Å². The molecule has 96 valence electrons. The summed E-state index contributed by atoms with van der Waals surface area (Å²) in [5, 5.41) is 14.6. The van der Waals surface area contributed by atoms with Crippen LogP contribution in [0, 0.1) is 5.92 Å². The zero-order chi connectivity index (χ0) is 12.3. The van der Waals surface area contributed by atoms with Crippen molar-refractivity contribution in [2.75, 3.05) is 32.9 Å². The number of carboxylic acids is 1. The molecule has 1 amide bonds. The number of carbonyl (C=O) groups excluding carboxylic acids is 1. The second-order valence-electron chi connectivity index (χ2n) is 4.16. The second-order valence-corrected chi connectivity index (χ2v) is 4.16. The summed E-state index contributed by atoms with van der Waals surface area (Å²) < 4.78 is 10.4. The van der Waals surface area contributed by atoms with Gasteiger partial charge in [-0.15, -0.1) is 0 Å². The molecule has 2 aliphatic heterocycles. The van der Waals surface area contributed by atoms with Gasteiger partial charge in [0, 0.05) is 13.1 Å². The van der Waals surface area contributed by atoms with Crippen LogP contribution in [0.25, 0.3) is 0 Å². The molecule has 17 heavy (non-hydrogen) atoms. The zero-order valence-electron chi connectivity index (χ0n) is 9.35. The minimum Gasteiger partial charge on any atom is -0.481 e. The van der Waals surface area contributed by atoms with Gasteiger partial charge in [0.25, 0.3) is 5.91 Å². The summed E-state index contributed by atoms with van der Waals surface area (Å²) in [6.07, 6.45) is -0.543. The number of rotatable bonds is 3. The van der Waals surface area contributed by atoms with E-state index in [4.69, 9.17) is 14.6 Å². The molecule has 0 bridgehead atoms. The van der Waals surface area contributed by atoms with Crippen LogP contribution in [0.2, 0.25) is 0 Å². The molecule has 2 saturated heterocycles. The number of carboxylic acid groups (broad SMARTS) is 1. The van der Waals surface area contributed by atoms with E-state index in [1.807, 2.05) is 0 Å². The van der Waals surface area contributed by atoms with E-state index in [2.05, 4.69) is 10.6 Å². The summed E-state index contributed by atoms with van der Waals surface area (Å²) in [6, 6.07) is -0.467. The van der Waals surface area contributed by atoms with E-state index in [0.29, 0.717) is 13.2 Å². The SMILES string of the molecule is O=C(NC1COCC1C(=O)O)C1CNCCO1. The maximum atomic E-state index is 11.8. The van der Waals surface area contributed by atoms with Gasteiger partial charge in [0.2, 0.25) is 0 Å². The van der Waals surface area contributed by atoms with Crippen LogP contribution in [0.15, 0.2) is 0 Å². The van der Waals surface area contributed by atoms with Gasteiger partial charge < -0.3 is 25.2 Å². The summed E-state index contributed by atoms with van der Waals surface area (Å²) in [4.78, 5) is 22.7. The Labute approximate surface area is 98.5 Å². The highest BCUT2D eigenvalue weighted by atomic mass is 16.5. The fraction of sp³-hybridized carbons (Fsp3) is 0.800. The number of nitrogens with one attached hydrogen (secondary N) is 2. The van der Waals surface area contributed by atoms with E-state index < -0.39 is 24.0 Å². The number of aliphatic carboxylic acids is 1. The molecule has 0 aliphatic carbocycles. The highest BCUT2D eigenvalue weighted by molar-refractivity contribution is 5.82. The van der Waals surface area contributed by atoms with Gasteiger partial charge in [0.15, 0.2) is 0 Å². The lowest BCUT2D eigenvalue weighted by Crippen LogP contribution is -2.52. The largest absolute Gasteiger partial charge is 0.481 e. The first-order valence-corrected chi connectivity index (χ1v) is 5.61. The average molecular weight is 244 g/mol. The van der Waals surface area contributed by atoms with E-state index in [1.54, 1.807) is 0 Å². The fourth-order valence-electron chi connectivity index (χ4n) is 1.95. The second kappa shape index (κ2) is 5.44. The Morgan fingerprint density at radius 2 is 2.18 bits per heavy atom. The maximum absolute atomic E-state index is 11.8. The molecule has 0 spiro atoms. The van der Waals surface area contributed by atoms with Crippen LogP contribution in [0.3, 0.4) is 0 Å². The van der Waals surface area contributed by atoms with Crippen molar-refractivity contribution in [3.8, 4) is 0 Å². The molecule has 3 unspecified atom stereocenters. The lowest BCUT2D eigenvalue weighted by atomic mass is 10.0. The van der Waals surface area contributed by atoms with Crippen LogP contribution in [0.1, 0.15) is 0 Å². The topological polar surface area (TPSA) is 96.9 Å². The Balaban J connectivity index is 1.86. The van der Waals surface area contributed by atoms with Gasteiger partial charge in [-0.2, -0.15) is 0 Å². The third-order valence-electron chi connectivity index (χ3n) is 2.95. The smallest absolute Gasteiger partial charge is 0.311 e. The molecule has 0 saturated carbocycles. The molecular weight excluding hydrogens is 228 g/mol. The third-order valence-corrected chi connectivity index (χ3v) is 2.95. The molecule has 0 aromatic carbocycles. The summed E-state index contributed by atoms with van der Waals surface area (Å²) in [6.45, 7) is 2.06. The van der Waals surface area contributed by atoms with Crippen molar-refractivity contribution in [2.24, 2.45) is 5.92 Å². The molecule has 3 atom stereocenters. The Bertz CT molecular complexity index is 303. The van der Waals surface area contributed by atoms with Crippen molar-refractivity contribution < 1.29 is 24.2 Å². The molecule has 7 nitrogen and oxygen atoms in total. The van der Waals surface area contributed by atoms with Gasteiger partial charge in [-0.05, 0) is 0 Å². The highest BCUT2D eigenvalue weighted by Crippen LogP contribution is 2.14. The van der Waals surface area contributed by atoms with E-state index in [9.17, 15) is 9.59 Å². The molecule has 0 radical (unpaired) electrons. The van der Waals surface area contributed by atoms with E-state index in [0.717, 1.165) is 6.54 Å². The number of hydrogen-bond acceptors (Lipinski definition) is 5. The van der Waals surface area contributed by atoms with Gasteiger partial charge in [0.1, 0.15) is 12.0 Å². The minimum absolute atomic E-state index is 0.143. The third kappa shape index (κ3) is 2.93. The number of morpholine rings is 1. The first-order chi connectivity index (χ1) is 8.18. The molecule has 2 rings (SSSR count). The number of carbonyl (C=O) groups is 2. The van der Waals surface area contributed by atoms with Crippen molar-refractivity contribution in [2.45, 2.75) is 12.1 Å². The predicted molar refractivity (Wildman–Crippen MR) is 56.5 cm³/mol. The lowest BCUT2D eigenvalue weighted by Gasteiger charge is -2.25. The van der Waals surface area contributed by atoms with E-state index >= 15 is 0 Å². The molecule has 3 N–H and O–H groups in total. The van der Waals surface area contributed by atoms with Crippen LogP contribution < -0.4 is 10.6 Å². The van der Waals surface area contributed by atoms with Crippen molar-refractivity contribution in [3.05, 3.63) is 0 Å². The quantitative estimate of drug-likeness (QED) is 0.541. The van der Waals surface area contributed by atoms with Crippen molar-refractivity contribution in [1.82, 2.24) is 10.6 Å². The summed E-state index contributed by atoms with van der Waals surface area (Å²) in [5.41, 5.74) is 0. The fourth-order valence-corrected chi connectivity index (χ4v) is 1.95. The molecule has 2 fully saturated rings. The lowest BCUT2D eigenvalue weighted by molar-refractivity contribution is -0.143. The van der Waals surface area contributed by atoms with Crippen molar-refractivity contribution in [1.29, 1.82) is 0 Å². The first kappa shape index (κ1) is 12.3. The Hall–Kier alpha value is -1.18. The molecular formula is C10H16N2O5. The van der Waals surface area contributed by atoms with Crippen LogP contribution in [0.5, 0.6) is 0 Å². The van der Waals surface area contributed by atoms with Gasteiger partial charge in [-0.25, -0.2) is 0 Å². The molecule has 2 heterocycles. The standard InChI is InChI=1S/C10H16N2O5/c13-9(8-3-11-1-2-17-8)12-7-5-16-4-6(7)10(14)15/h6-8,11H,1-5H2,(H,12,13)(H,14,15). The number of amides is 1. The van der Waals surface area contributed by atoms with Gasteiger partial charge in [-0.3, -0.25) is 9.59 Å². The molecule has 2 aliphatic rings. The van der Waals surface area contributed by atoms with Crippen LogP contribution >= 0.6 is 0 Å². The van der Waals surface area contributed by atoms with Gasteiger partial charge in [-0.1, -0.05) is 0 Å². The molecule has 0 aromatic heterocycles. The molecule has 7 heteroatoms. The average Bonchev–Trinajstić information content (AvgIpc) is 2.78. The van der Waals surface area contributed by atoms with Gasteiger partial charge in [0.05, 0.1) is 25.9 Å². The monoisotopic (exact) mass is 244 g/mol. The van der Waals surface area contributed by atoms with Crippen molar-refractivity contribution in [3.63, 3.8) is 0 Å². The maximum Gasteiger partial charge on any atom is 0.311 e. The normalized spacial score (nSPS) is 33.3. The van der Waals surface area contributed by atoms with Crippen LogP contribution in [-0.4, -0.2) is 62.0 Å². The number of hydrogen-bond donors (Lipinski definition) is 3. The summed E-state index contributed by atoms with van der Waals surface area (Å²) >= 11 is 0. The predicted octanol–water partition coefficient (Wildman–Crippen LogP) is -1.81. The Morgan fingerprint density at radius 1 is 1.35 bits per heavy atom. The zero-order valence-corrected chi connectivity index (χ0v) is 9.35. The minimum atomic E-state index is -0.949. The highest BCUT2D eigenvalue weighted by Gasteiger charge is 2.36. The van der Waals surface area contributed by atoms with Crippen LogP contribution in [-0.2, 0) is 19.1 Å². The summed E-state index contributed by atoms with van der Waals surface area (Å²) in [5.74, 6) is -1.90. The van der Waals surface area contributed by atoms with E-state index in [-0.39, 0.29) is 19.1 Å².